The largest absolute Gasteiger partial charge is 0.294 e. The zero-order chi connectivity index (χ0) is 5.28. The molecule has 0 aromatic heterocycles. The molecule has 1 aliphatic rings. The summed E-state index contributed by atoms with van der Waals surface area (Å²) in [5.41, 5.74) is 0. The van der Waals surface area contributed by atoms with E-state index in [4.69, 9.17) is 0 Å². The van der Waals surface area contributed by atoms with E-state index in [0.717, 1.165) is 0 Å². The third-order valence-electron chi connectivity index (χ3n) is 0.915. The Labute approximate surface area is 42.3 Å². The summed E-state index contributed by atoms with van der Waals surface area (Å²) in [6.45, 7) is 3.33. The monoisotopic (exact) mass is 94.0 g/mol. The van der Waals surface area contributed by atoms with Crippen LogP contribution in [0.3, 0.4) is 0 Å². The molecule has 1 rings (SSSR count). The third kappa shape index (κ3) is 0.769. The SMILES string of the molecule is C=CC(=O)C1C=C1. The highest BCUT2D eigenvalue weighted by Gasteiger charge is 2.16. The van der Waals surface area contributed by atoms with Crippen LogP contribution in [0.5, 0.6) is 0 Å². The lowest BCUT2D eigenvalue weighted by Gasteiger charge is -1.80. The Morgan fingerprint density at radius 2 is 2.29 bits per heavy atom. The summed E-state index contributed by atoms with van der Waals surface area (Å²) in [6.07, 6.45) is 5.05. The van der Waals surface area contributed by atoms with E-state index in [1.54, 1.807) is 0 Å². The predicted octanol–water partition coefficient (Wildman–Crippen LogP) is 0.927. The van der Waals surface area contributed by atoms with Crippen molar-refractivity contribution in [2.24, 2.45) is 5.92 Å². The van der Waals surface area contributed by atoms with Gasteiger partial charge in [0.25, 0.3) is 0 Å². The van der Waals surface area contributed by atoms with Gasteiger partial charge in [-0.25, -0.2) is 0 Å². The van der Waals surface area contributed by atoms with Gasteiger partial charge in [-0.2, -0.15) is 0 Å². The molecule has 0 radical (unpaired) electrons. The van der Waals surface area contributed by atoms with Crippen molar-refractivity contribution in [3.63, 3.8) is 0 Å². The van der Waals surface area contributed by atoms with E-state index < -0.39 is 0 Å². The number of carbonyl (C=O) groups excluding carboxylic acids is 1. The van der Waals surface area contributed by atoms with Gasteiger partial charge >= 0.3 is 0 Å². The molecule has 1 aliphatic carbocycles. The Kier molecular flexibility index (Phi) is 0.823. The van der Waals surface area contributed by atoms with Gasteiger partial charge in [-0.05, 0) is 6.08 Å². The van der Waals surface area contributed by atoms with Crippen LogP contribution in [0, 0.1) is 5.92 Å². The fourth-order valence-corrected chi connectivity index (χ4v) is 0.381. The van der Waals surface area contributed by atoms with E-state index in [9.17, 15) is 4.79 Å². The highest BCUT2D eigenvalue weighted by atomic mass is 16.1. The molecular formula is C6H6O. The second-order valence-electron chi connectivity index (χ2n) is 1.52. The van der Waals surface area contributed by atoms with Crippen molar-refractivity contribution in [1.29, 1.82) is 0 Å². The van der Waals surface area contributed by atoms with Gasteiger partial charge in [0.05, 0.1) is 5.92 Å². The number of hydrogen-bond acceptors (Lipinski definition) is 1. The van der Waals surface area contributed by atoms with E-state index in [-0.39, 0.29) is 11.7 Å². The third-order valence-corrected chi connectivity index (χ3v) is 0.915. The number of hydrogen-bond donors (Lipinski definition) is 0. The quantitative estimate of drug-likeness (QED) is 0.367. The minimum Gasteiger partial charge on any atom is -0.294 e. The molecular weight excluding hydrogens is 88.1 g/mol. The predicted molar refractivity (Wildman–Crippen MR) is 27.8 cm³/mol. The molecule has 0 heterocycles. The molecule has 0 N–H and O–H groups in total. The molecule has 0 aromatic carbocycles. The summed E-state index contributed by atoms with van der Waals surface area (Å²) in [6, 6.07) is 0. The Morgan fingerprint density at radius 1 is 1.71 bits per heavy atom. The van der Waals surface area contributed by atoms with Crippen LogP contribution in [0.25, 0.3) is 0 Å². The fourth-order valence-electron chi connectivity index (χ4n) is 0.381. The van der Waals surface area contributed by atoms with Crippen molar-refractivity contribution in [1.82, 2.24) is 0 Å². The molecule has 0 saturated heterocycles. The summed E-state index contributed by atoms with van der Waals surface area (Å²) in [4.78, 5) is 10.4. The minimum absolute atomic E-state index is 0.109. The van der Waals surface area contributed by atoms with Gasteiger partial charge in [0.15, 0.2) is 5.78 Å². The van der Waals surface area contributed by atoms with Crippen LogP contribution in [0.2, 0.25) is 0 Å². The standard InChI is InChI=1S/C6H6O/c1-2-6(7)5-3-4-5/h2-5H,1H2. The average Bonchev–Trinajstić information content (AvgIpc) is 2.44. The van der Waals surface area contributed by atoms with Crippen LogP contribution < -0.4 is 0 Å². The normalized spacial score (nSPS) is 16.6. The topological polar surface area (TPSA) is 17.1 Å². The Bertz CT molecular complexity index is 127. The first-order valence-corrected chi connectivity index (χ1v) is 2.19. The first-order valence-electron chi connectivity index (χ1n) is 2.19. The van der Waals surface area contributed by atoms with Crippen LogP contribution in [0.1, 0.15) is 0 Å². The second-order valence-corrected chi connectivity index (χ2v) is 1.52. The van der Waals surface area contributed by atoms with Crippen molar-refractivity contribution in [3.8, 4) is 0 Å². The van der Waals surface area contributed by atoms with Crippen LogP contribution in [-0.2, 0) is 4.79 Å². The summed E-state index contributed by atoms with van der Waals surface area (Å²) >= 11 is 0. The summed E-state index contributed by atoms with van der Waals surface area (Å²) < 4.78 is 0. The fraction of sp³-hybridized carbons (Fsp3) is 0.167. The highest BCUT2D eigenvalue weighted by molar-refractivity contribution is 5.96. The highest BCUT2D eigenvalue weighted by Crippen LogP contribution is 2.16. The maximum atomic E-state index is 10.4. The van der Waals surface area contributed by atoms with E-state index in [0.29, 0.717) is 0 Å². The van der Waals surface area contributed by atoms with Gasteiger partial charge in [-0.1, -0.05) is 18.7 Å². The first kappa shape index (κ1) is 4.31. The van der Waals surface area contributed by atoms with E-state index in [1.807, 2.05) is 12.2 Å². The molecule has 0 fully saturated rings. The Hall–Kier alpha value is -0.850. The molecule has 0 atom stereocenters. The second kappa shape index (κ2) is 1.34. The van der Waals surface area contributed by atoms with Crippen molar-refractivity contribution in [3.05, 3.63) is 24.8 Å². The average molecular weight is 94.1 g/mol. The molecule has 0 aliphatic heterocycles. The lowest BCUT2D eigenvalue weighted by molar-refractivity contribution is -0.115. The van der Waals surface area contributed by atoms with Crippen molar-refractivity contribution in [2.75, 3.05) is 0 Å². The summed E-state index contributed by atoms with van der Waals surface area (Å²) in [5.74, 6) is 0.220. The molecule has 0 bridgehead atoms. The molecule has 0 aromatic rings. The molecule has 36 valence electrons. The molecule has 1 heteroatoms. The molecule has 1 nitrogen and oxygen atoms in total. The van der Waals surface area contributed by atoms with E-state index >= 15 is 0 Å². The summed E-state index contributed by atoms with van der Waals surface area (Å²) in [7, 11) is 0. The lowest BCUT2D eigenvalue weighted by Crippen LogP contribution is -1.93. The van der Waals surface area contributed by atoms with Gasteiger partial charge in [-0.3, -0.25) is 4.79 Å². The molecule has 0 amide bonds. The Morgan fingerprint density at radius 3 is 2.43 bits per heavy atom. The van der Waals surface area contributed by atoms with Crippen molar-refractivity contribution >= 4 is 5.78 Å². The van der Waals surface area contributed by atoms with Crippen molar-refractivity contribution in [2.45, 2.75) is 0 Å². The maximum absolute atomic E-state index is 10.4. The van der Waals surface area contributed by atoms with Crippen molar-refractivity contribution < 1.29 is 4.79 Å². The molecule has 0 unspecified atom stereocenters. The van der Waals surface area contributed by atoms with Gasteiger partial charge in [-0.15, -0.1) is 0 Å². The summed E-state index contributed by atoms with van der Waals surface area (Å²) in [5, 5.41) is 0. The number of carbonyl (C=O) groups is 1. The number of allylic oxidation sites excluding steroid dienone is 3. The van der Waals surface area contributed by atoms with Crippen LogP contribution in [0.4, 0.5) is 0 Å². The lowest BCUT2D eigenvalue weighted by atomic mass is 10.2. The molecule has 7 heavy (non-hydrogen) atoms. The Balaban J connectivity index is 2.39. The smallest absolute Gasteiger partial charge is 0.165 e. The van der Waals surface area contributed by atoms with Crippen LogP contribution in [0.15, 0.2) is 24.8 Å². The number of ketones is 1. The van der Waals surface area contributed by atoms with E-state index in [2.05, 4.69) is 6.58 Å². The maximum Gasteiger partial charge on any atom is 0.165 e. The number of rotatable bonds is 2. The van der Waals surface area contributed by atoms with Gasteiger partial charge in [0.1, 0.15) is 0 Å². The molecule has 0 spiro atoms. The van der Waals surface area contributed by atoms with Gasteiger partial charge < -0.3 is 0 Å². The zero-order valence-corrected chi connectivity index (χ0v) is 3.92. The van der Waals surface area contributed by atoms with Crippen LogP contribution >= 0.6 is 0 Å². The first-order chi connectivity index (χ1) is 3.34. The minimum atomic E-state index is 0.109. The van der Waals surface area contributed by atoms with Crippen LogP contribution in [-0.4, -0.2) is 5.78 Å². The van der Waals surface area contributed by atoms with Gasteiger partial charge in [0, 0.05) is 0 Å². The van der Waals surface area contributed by atoms with E-state index in [1.165, 1.54) is 6.08 Å². The zero-order valence-electron chi connectivity index (χ0n) is 3.92. The molecule has 0 saturated carbocycles. The van der Waals surface area contributed by atoms with Gasteiger partial charge in [0.2, 0.25) is 0 Å².